The second-order valence-electron chi connectivity index (χ2n) is 15.6. The first kappa shape index (κ1) is 36.5. The van der Waals surface area contributed by atoms with Crippen molar-refractivity contribution in [2.45, 2.75) is 71.3 Å². The highest BCUT2D eigenvalue weighted by atomic mass is 16.5. The standard InChI is InChI=1S/C40H48N2O9/c1-20(2)31-34(46)30(37(41)49)35(47)40(50)36(48)32-33(45)29-26(17-38(32,3)19-39(31,40)4)24(11-12-27(29)44)25-16-22(8-13-28(25)51-5)18-42-15-14-21-6-9-23(43)10-7-21/h6-13,16,20,30-32,34,36,42-44,46,48,50H,14-15,17-19H2,1-5H3,(H2,41,49)/t30-,31+,32-,34?,36?,38-,39-,40+/m1/s1. The normalized spacial score (nSPS) is 31.5. The minimum Gasteiger partial charge on any atom is -0.508 e. The number of hydrogen-bond acceptors (Lipinski definition) is 10. The molecule has 2 saturated carbocycles. The molecule has 11 heteroatoms. The van der Waals surface area contributed by atoms with Gasteiger partial charge in [0.2, 0.25) is 5.91 Å². The number of primary amides is 1. The highest BCUT2D eigenvalue weighted by Crippen LogP contribution is 2.66. The fourth-order valence-corrected chi connectivity index (χ4v) is 9.99. The first-order chi connectivity index (χ1) is 24.0. The maximum atomic E-state index is 14.6. The van der Waals surface area contributed by atoms with Crippen LogP contribution in [0, 0.1) is 34.5 Å². The average Bonchev–Trinajstić information content (AvgIpc) is 3.05. The molecule has 1 amide bonds. The van der Waals surface area contributed by atoms with Crippen molar-refractivity contribution in [3.8, 4) is 28.4 Å². The summed E-state index contributed by atoms with van der Waals surface area (Å²) in [4.78, 5) is 41.1. The smallest absolute Gasteiger partial charge is 0.230 e. The highest BCUT2D eigenvalue weighted by molar-refractivity contribution is 6.09. The van der Waals surface area contributed by atoms with Crippen LogP contribution in [0.4, 0.5) is 0 Å². The molecule has 3 aromatic rings. The van der Waals surface area contributed by atoms with E-state index in [4.69, 9.17) is 10.5 Å². The molecule has 3 aromatic carbocycles. The molecule has 0 aromatic heterocycles. The molecule has 0 bridgehead atoms. The van der Waals surface area contributed by atoms with E-state index >= 15 is 0 Å². The van der Waals surface area contributed by atoms with Gasteiger partial charge in [0.1, 0.15) is 29.3 Å². The molecule has 3 aliphatic carbocycles. The molecule has 0 heterocycles. The molecule has 6 rings (SSSR count). The summed E-state index contributed by atoms with van der Waals surface area (Å²) in [6.45, 7) is 8.33. The Morgan fingerprint density at radius 1 is 1.00 bits per heavy atom. The highest BCUT2D eigenvalue weighted by Gasteiger charge is 2.76. The lowest BCUT2D eigenvalue weighted by Gasteiger charge is -2.66. The number of aliphatic hydroxyl groups excluding tert-OH is 2. The molecular formula is C40H48N2O9. The van der Waals surface area contributed by atoms with Crippen LogP contribution in [0.2, 0.25) is 0 Å². The number of rotatable bonds is 9. The summed E-state index contributed by atoms with van der Waals surface area (Å²) >= 11 is 0. The molecule has 2 unspecified atom stereocenters. The number of phenolic OH excluding ortho intramolecular Hbond substituents is 2. The zero-order valence-electron chi connectivity index (χ0n) is 29.6. The average molecular weight is 701 g/mol. The molecule has 0 saturated heterocycles. The third-order valence-electron chi connectivity index (χ3n) is 12.1. The molecule has 11 nitrogen and oxygen atoms in total. The Kier molecular flexibility index (Phi) is 9.33. The van der Waals surface area contributed by atoms with E-state index in [1.165, 1.54) is 6.07 Å². The van der Waals surface area contributed by atoms with E-state index in [-0.39, 0.29) is 35.8 Å². The number of fused-ring (bicyclic) bond motifs is 3. The van der Waals surface area contributed by atoms with Gasteiger partial charge in [0, 0.05) is 17.5 Å². The first-order valence-corrected chi connectivity index (χ1v) is 17.5. The zero-order chi connectivity index (χ0) is 37.2. The number of Topliss-reactive ketones (excluding diaryl/α,β-unsaturated/α-hetero) is 2. The van der Waals surface area contributed by atoms with E-state index < -0.39 is 63.9 Å². The number of aliphatic hydroxyl groups is 3. The quantitative estimate of drug-likeness (QED) is 0.128. The van der Waals surface area contributed by atoms with Crippen LogP contribution in [0.1, 0.15) is 61.2 Å². The molecular weight excluding hydrogens is 652 g/mol. The molecule has 0 aliphatic heterocycles. The zero-order valence-corrected chi connectivity index (χ0v) is 29.6. The lowest BCUT2D eigenvalue weighted by atomic mass is 9.39. The minimum atomic E-state index is -2.57. The van der Waals surface area contributed by atoms with E-state index in [0.717, 1.165) is 17.5 Å². The van der Waals surface area contributed by atoms with Crippen molar-refractivity contribution in [2.24, 2.45) is 40.2 Å². The third-order valence-corrected chi connectivity index (χ3v) is 12.1. The number of nitrogens with two attached hydrogens (primary N) is 1. The molecule has 272 valence electrons. The monoisotopic (exact) mass is 700 g/mol. The Hall–Kier alpha value is -4.29. The first-order valence-electron chi connectivity index (χ1n) is 17.5. The Morgan fingerprint density at radius 2 is 1.67 bits per heavy atom. The van der Waals surface area contributed by atoms with E-state index in [0.29, 0.717) is 35.5 Å². The van der Waals surface area contributed by atoms with Crippen LogP contribution in [0.5, 0.6) is 17.2 Å². The predicted molar refractivity (Wildman–Crippen MR) is 189 cm³/mol. The number of ether oxygens (including phenoxy) is 1. The largest absolute Gasteiger partial charge is 0.508 e. The fourth-order valence-electron chi connectivity index (χ4n) is 9.99. The van der Waals surface area contributed by atoms with E-state index in [9.17, 15) is 39.9 Å². The van der Waals surface area contributed by atoms with Crippen LogP contribution in [0.15, 0.2) is 54.6 Å². The summed E-state index contributed by atoms with van der Waals surface area (Å²) in [5.74, 6) is -6.59. The minimum absolute atomic E-state index is 0.00383. The van der Waals surface area contributed by atoms with Gasteiger partial charge >= 0.3 is 0 Å². The Balaban J connectivity index is 1.40. The van der Waals surface area contributed by atoms with Crippen LogP contribution in [-0.4, -0.2) is 74.5 Å². The van der Waals surface area contributed by atoms with Gasteiger partial charge in [0.15, 0.2) is 17.2 Å². The van der Waals surface area contributed by atoms with E-state index in [2.05, 4.69) is 5.32 Å². The summed E-state index contributed by atoms with van der Waals surface area (Å²) in [5, 5.41) is 60.1. The molecule has 0 radical (unpaired) electrons. The van der Waals surface area contributed by atoms with Crippen molar-refractivity contribution < 1.29 is 44.7 Å². The Bertz CT molecular complexity index is 1880. The summed E-state index contributed by atoms with van der Waals surface area (Å²) in [6.07, 6.45) is -2.44. The van der Waals surface area contributed by atoms with Crippen LogP contribution >= 0.6 is 0 Å². The topological polar surface area (TPSA) is 200 Å². The molecule has 3 aliphatic rings. The third kappa shape index (κ3) is 5.62. The molecule has 51 heavy (non-hydrogen) atoms. The number of benzene rings is 3. The second-order valence-corrected chi connectivity index (χ2v) is 15.6. The van der Waals surface area contributed by atoms with Crippen molar-refractivity contribution in [3.63, 3.8) is 0 Å². The number of aromatic hydroxyl groups is 2. The van der Waals surface area contributed by atoms with Gasteiger partial charge in [0.25, 0.3) is 0 Å². The Morgan fingerprint density at radius 3 is 2.29 bits per heavy atom. The number of ketones is 2. The van der Waals surface area contributed by atoms with Crippen molar-refractivity contribution in [2.75, 3.05) is 13.7 Å². The van der Waals surface area contributed by atoms with Crippen molar-refractivity contribution in [1.29, 1.82) is 0 Å². The lowest BCUT2D eigenvalue weighted by Crippen LogP contribution is -2.79. The number of nitrogens with one attached hydrogen (secondary N) is 1. The van der Waals surface area contributed by atoms with Gasteiger partial charge in [-0.1, -0.05) is 52.0 Å². The number of phenols is 2. The van der Waals surface area contributed by atoms with Crippen LogP contribution in [0.25, 0.3) is 11.1 Å². The van der Waals surface area contributed by atoms with Crippen LogP contribution in [0.3, 0.4) is 0 Å². The van der Waals surface area contributed by atoms with E-state index in [1.807, 2.05) is 51.1 Å². The number of hydrogen-bond donors (Lipinski definition) is 7. The van der Waals surface area contributed by atoms with Gasteiger partial charge in [0.05, 0.1) is 24.7 Å². The number of methoxy groups -OCH3 is 1. The van der Waals surface area contributed by atoms with Crippen LogP contribution < -0.4 is 15.8 Å². The summed E-state index contributed by atoms with van der Waals surface area (Å²) in [5.41, 5.74) is 4.46. The number of carbonyl (C=O) groups excluding carboxylic acids is 3. The fraction of sp³-hybridized carbons (Fsp3) is 0.475. The summed E-state index contributed by atoms with van der Waals surface area (Å²) in [6, 6.07) is 16.0. The molecule has 0 spiro atoms. The SMILES string of the molecule is COc1ccc(CNCCc2ccc(O)cc2)cc1-c1ccc(O)c2c1C[C@]1(C)C[C@]3(C)[C@@H](C(C)C)C(O)[C@@H](C(N)=O)C(=O)[C@]3(O)C(O)[C@H]1C2=O. The van der Waals surface area contributed by atoms with Crippen LogP contribution in [-0.2, 0) is 29.0 Å². The number of carbonyl (C=O) groups is 3. The maximum Gasteiger partial charge on any atom is 0.230 e. The van der Waals surface area contributed by atoms with Crippen molar-refractivity contribution in [1.82, 2.24) is 5.32 Å². The summed E-state index contributed by atoms with van der Waals surface area (Å²) in [7, 11) is 1.56. The van der Waals surface area contributed by atoms with Crippen molar-refractivity contribution >= 4 is 17.5 Å². The van der Waals surface area contributed by atoms with Gasteiger partial charge in [-0.25, -0.2) is 0 Å². The maximum absolute atomic E-state index is 14.6. The summed E-state index contributed by atoms with van der Waals surface area (Å²) < 4.78 is 5.77. The number of amides is 1. The predicted octanol–water partition coefficient (Wildman–Crippen LogP) is 3.29. The molecule has 2 fully saturated rings. The lowest BCUT2D eigenvalue weighted by molar-refractivity contribution is -0.265. The van der Waals surface area contributed by atoms with Gasteiger partial charge in [-0.05, 0) is 95.6 Å². The van der Waals surface area contributed by atoms with Gasteiger partial charge in [-0.2, -0.15) is 0 Å². The molecule has 8 N–H and O–H groups in total. The van der Waals surface area contributed by atoms with Crippen molar-refractivity contribution in [3.05, 3.63) is 76.9 Å². The van der Waals surface area contributed by atoms with E-state index in [1.54, 1.807) is 32.2 Å². The Labute approximate surface area is 297 Å². The van der Waals surface area contributed by atoms with Gasteiger partial charge in [-0.3, -0.25) is 14.4 Å². The van der Waals surface area contributed by atoms with Gasteiger partial charge < -0.3 is 41.3 Å². The molecule has 8 atom stereocenters. The second kappa shape index (κ2) is 13.0. The van der Waals surface area contributed by atoms with Gasteiger partial charge in [-0.15, -0.1) is 0 Å².